The van der Waals surface area contributed by atoms with Crippen LogP contribution in [0.15, 0.2) is 60.8 Å². The van der Waals surface area contributed by atoms with Crippen LogP contribution in [0.4, 0.5) is 10.8 Å². The SMILES string of the molecule is Cc1ccc(Cl)c2sc(N(Cc3ccccn3)C(=O)Cc3ccc([N+](=O)[O-])cc3)nc12. The molecule has 7 nitrogen and oxygen atoms in total. The number of aryl methyl sites for hydroxylation is 1. The lowest BCUT2D eigenvalue weighted by molar-refractivity contribution is -0.384. The van der Waals surface area contributed by atoms with Gasteiger partial charge in [-0.2, -0.15) is 0 Å². The average Bonchev–Trinajstić information content (AvgIpc) is 3.22. The van der Waals surface area contributed by atoms with Crippen molar-refractivity contribution in [2.75, 3.05) is 4.90 Å². The van der Waals surface area contributed by atoms with Gasteiger partial charge in [0.1, 0.15) is 0 Å². The number of anilines is 1. The van der Waals surface area contributed by atoms with Gasteiger partial charge in [-0.3, -0.25) is 24.8 Å². The maximum Gasteiger partial charge on any atom is 0.269 e. The maximum absolute atomic E-state index is 13.3. The quantitative estimate of drug-likeness (QED) is 0.291. The van der Waals surface area contributed by atoms with Crippen LogP contribution < -0.4 is 4.90 Å². The topological polar surface area (TPSA) is 89.2 Å². The van der Waals surface area contributed by atoms with E-state index in [9.17, 15) is 14.9 Å². The van der Waals surface area contributed by atoms with Crippen LogP contribution in [0.5, 0.6) is 0 Å². The molecule has 1 amide bonds. The Labute approximate surface area is 187 Å². The first-order valence-electron chi connectivity index (χ1n) is 9.41. The van der Waals surface area contributed by atoms with Gasteiger partial charge in [0.05, 0.1) is 38.8 Å². The van der Waals surface area contributed by atoms with Crippen LogP contribution in [0.1, 0.15) is 16.8 Å². The fraction of sp³-hybridized carbons (Fsp3) is 0.136. The lowest BCUT2D eigenvalue weighted by atomic mass is 10.1. The van der Waals surface area contributed by atoms with Crippen molar-refractivity contribution in [3.05, 3.63) is 92.8 Å². The van der Waals surface area contributed by atoms with E-state index in [4.69, 9.17) is 16.6 Å². The summed E-state index contributed by atoms with van der Waals surface area (Å²) >= 11 is 7.71. The van der Waals surface area contributed by atoms with Crippen LogP contribution in [0.2, 0.25) is 5.02 Å². The molecule has 2 heterocycles. The van der Waals surface area contributed by atoms with Crippen LogP contribution >= 0.6 is 22.9 Å². The zero-order valence-electron chi connectivity index (χ0n) is 16.5. The average molecular weight is 453 g/mol. The van der Waals surface area contributed by atoms with Gasteiger partial charge in [-0.25, -0.2) is 4.98 Å². The van der Waals surface area contributed by atoms with Gasteiger partial charge in [-0.1, -0.05) is 47.2 Å². The highest BCUT2D eigenvalue weighted by molar-refractivity contribution is 7.23. The van der Waals surface area contributed by atoms with Crippen LogP contribution in [-0.2, 0) is 17.8 Å². The molecule has 0 bridgehead atoms. The minimum absolute atomic E-state index is 0.0159. The van der Waals surface area contributed by atoms with Crippen molar-refractivity contribution in [1.29, 1.82) is 0 Å². The molecule has 0 saturated heterocycles. The number of benzene rings is 2. The summed E-state index contributed by atoms with van der Waals surface area (Å²) in [4.78, 5) is 34.3. The monoisotopic (exact) mass is 452 g/mol. The number of carbonyl (C=O) groups excluding carboxylic acids is 1. The van der Waals surface area contributed by atoms with Gasteiger partial charge in [-0.05, 0) is 36.2 Å². The smallest absolute Gasteiger partial charge is 0.269 e. The highest BCUT2D eigenvalue weighted by Gasteiger charge is 2.22. The highest BCUT2D eigenvalue weighted by atomic mass is 35.5. The number of amides is 1. The molecule has 0 aliphatic carbocycles. The molecule has 9 heteroatoms. The Morgan fingerprint density at radius 2 is 1.94 bits per heavy atom. The Kier molecular flexibility index (Phi) is 5.92. The Hall–Kier alpha value is -3.36. The number of rotatable bonds is 6. The van der Waals surface area contributed by atoms with E-state index in [0.717, 1.165) is 21.5 Å². The number of nitro groups is 1. The Morgan fingerprint density at radius 3 is 2.58 bits per heavy atom. The minimum atomic E-state index is -0.466. The fourth-order valence-corrected chi connectivity index (χ4v) is 4.46. The van der Waals surface area contributed by atoms with Crippen molar-refractivity contribution >= 4 is 49.9 Å². The van der Waals surface area contributed by atoms with Crippen molar-refractivity contribution in [3.63, 3.8) is 0 Å². The van der Waals surface area contributed by atoms with Gasteiger partial charge in [0.2, 0.25) is 5.91 Å². The van der Waals surface area contributed by atoms with E-state index in [0.29, 0.717) is 15.7 Å². The maximum atomic E-state index is 13.3. The number of non-ortho nitro benzene ring substituents is 1. The summed E-state index contributed by atoms with van der Waals surface area (Å²) in [5.41, 5.74) is 3.13. The number of thiazole rings is 1. The molecule has 0 aliphatic rings. The number of hydrogen-bond donors (Lipinski definition) is 0. The second-order valence-electron chi connectivity index (χ2n) is 6.94. The van der Waals surface area contributed by atoms with E-state index in [1.54, 1.807) is 23.2 Å². The fourth-order valence-electron chi connectivity index (χ4n) is 3.13. The van der Waals surface area contributed by atoms with Crippen LogP contribution in [0, 0.1) is 17.0 Å². The summed E-state index contributed by atoms with van der Waals surface area (Å²) in [6.07, 6.45) is 1.75. The van der Waals surface area contributed by atoms with Crippen molar-refractivity contribution in [1.82, 2.24) is 9.97 Å². The van der Waals surface area contributed by atoms with E-state index in [1.807, 2.05) is 37.3 Å². The summed E-state index contributed by atoms with van der Waals surface area (Å²) in [5.74, 6) is -0.188. The van der Waals surface area contributed by atoms with Crippen molar-refractivity contribution in [2.45, 2.75) is 19.9 Å². The first-order chi connectivity index (χ1) is 14.9. The molecule has 0 saturated carbocycles. The molecular formula is C22H17ClN4O3S. The van der Waals surface area contributed by atoms with E-state index in [1.165, 1.54) is 23.5 Å². The third kappa shape index (κ3) is 4.55. The molecular weight excluding hydrogens is 436 g/mol. The van der Waals surface area contributed by atoms with Gasteiger partial charge >= 0.3 is 0 Å². The Bertz CT molecular complexity index is 1220. The van der Waals surface area contributed by atoms with E-state index < -0.39 is 4.92 Å². The number of fused-ring (bicyclic) bond motifs is 1. The lowest BCUT2D eigenvalue weighted by Gasteiger charge is -2.19. The number of pyridine rings is 1. The number of aromatic nitrogens is 2. The van der Waals surface area contributed by atoms with Crippen molar-refractivity contribution < 1.29 is 9.72 Å². The predicted molar refractivity (Wildman–Crippen MR) is 122 cm³/mol. The summed E-state index contributed by atoms with van der Waals surface area (Å²) in [7, 11) is 0. The molecule has 0 fully saturated rings. The van der Waals surface area contributed by atoms with Crippen molar-refractivity contribution in [2.24, 2.45) is 0 Å². The molecule has 4 rings (SSSR count). The molecule has 31 heavy (non-hydrogen) atoms. The largest absolute Gasteiger partial charge is 0.282 e. The summed E-state index contributed by atoms with van der Waals surface area (Å²) < 4.78 is 0.825. The molecule has 4 aromatic rings. The number of halogens is 1. The zero-order chi connectivity index (χ0) is 22.0. The number of carbonyl (C=O) groups is 1. The van der Waals surface area contributed by atoms with Gasteiger partial charge in [0, 0.05) is 18.3 Å². The number of nitrogens with zero attached hydrogens (tertiary/aromatic N) is 4. The Morgan fingerprint density at radius 1 is 1.16 bits per heavy atom. The van der Waals surface area contributed by atoms with E-state index in [2.05, 4.69) is 4.98 Å². The van der Waals surface area contributed by atoms with Crippen LogP contribution in [-0.4, -0.2) is 20.8 Å². The first kappa shape index (κ1) is 20.9. The second kappa shape index (κ2) is 8.79. The summed E-state index contributed by atoms with van der Waals surface area (Å²) in [5, 5.41) is 12.0. The molecule has 0 aliphatic heterocycles. The van der Waals surface area contributed by atoms with Gasteiger partial charge < -0.3 is 0 Å². The molecule has 0 N–H and O–H groups in total. The number of hydrogen-bond acceptors (Lipinski definition) is 6. The van der Waals surface area contributed by atoms with E-state index in [-0.39, 0.29) is 24.6 Å². The normalized spacial score (nSPS) is 10.9. The molecule has 156 valence electrons. The molecule has 2 aromatic carbocycles. The van der Waals surface area contributed by atoms with Gasteiger partial charge in [0.25, 0.3) is 5.69 Å². The third-order valence-corrected chi connectivity index (χ3v) is 6.31. The molecule has 0 radical (unpaired) electrons. The first-order valence-corrected chi connectivity index (χ1v) is 10.6. The molecule has 0 unspecified atom stereocenters. The standard InChI is InChI=1S/C22H17ClN4O3S/c1-14-5-10-18(23)21-20(14)25-22(31-21)26(13-16-4-2-3-11-24-16)19(28)12-15-6-8-17(9-7-15)27(29)30/h2-11H,12-13H2,1H3. The third-order valence-electron chi connectivity index (χ3n) is 4.77. The molecule has 0 atom stereocenters. The Balaban J connectivity index is 1.69. The van der Waals surface area contributed by atoms with Gasteiger partial charge in [0.15, 0.2) is 5.13 Å². The van der Waals surface area contributed by atoms with Gasteiger partial charge in [-0.15, -0.1) is 0 Å². The highest BCUT2D eigenvalue weighted by Crippen LogP contribution is 2.36. The predicted octanol–water partition coefficient (Wildman–Crippen LogP) is 5.34. The lowest BCUT2D eigenvalue weighted by Crippen LogP contribution is -2.32. The number of nitro benzene ring substituents is 1. The van der Waals surface area contributed by atoms with E-state index >= 15 is 0 Å². The summed E-state index contributed by atoms with van der Waals surface area (Å²) in [6, 6.07) is 15.2. The second-order valence-corrected chi connectivity index (χ2v) is 8.32. The minimum Gasteiger partial charge on any atom is -0.282 e. The molecule has 2 aromatic heterocycles. The van der Waals surface area contributed by atoms with Crippen molar-refractivity contribution in [3.8, 4) is 0 Å². The molecule has 0 spiro atoms. The van der Waals surface area contributed by atoms with Crippen LogP contribution in [0.3, 0.4) is 0 Å². The van der Waals surface area contributed by atoms with Crippen LogP contribution in [0.25, 0.3) is 10.2 Å². The zero-order valence-corrected chi connectivity index (χ0v) is 18.1. The summed E-state index contributed by atoms with van der Waals surface area (Å²) in [6.45, 7) is 2.20.